The molecule has 2 aliphatic rings. The number of carbonyl (C=O) groups excluding carboxylic acids is 2. The van der Waals surface area contributed by atoms with Gasteiger partial charge >= 0.3 is 0 Å². The van der Waals surface area contributed by atoms with Gasteiger partial charge in [-0.2, -0.15) is 5.10 Å². The Labute approximate surface area is 176 Å². The quantitative estimate of drug-likeness (QED) is 0.666. The number of nitrogens with zero attached hydrogens (tertiary/aromatic N) is 4. The molecule has 0 saturated carbocycles. The first-order valence-electron chi connectivity index (χ1n) is 10.7. The van der Waals surface area contributed by atoms with Gasteiger partial charge in [-0.15, -0.1) is 0 Å². The van der Waals surface area contributed by atoms with E-state index in [0.717, 1.165) is 53.8 Å². The minimum atomic E-state index is 0.0542. The van der Waals surface area contributed by atoms with Gasteiger partial charge in [0.05, 0.1) is 23.0 Å². The molecule has 0 atom stereocenters. The fourth-order valence-corrected chi connectivity index (χ4v) is 4.56. The van der Waals surface area contributed by atoms with Crippen molar-refractivity contribution in [1.29, 1.82) is 0 Å². The van der Waals surface area contributed by atoms with E-state index in [9.17, 15) is 9.59 Å². The number of likely N-dealkylation sites (tertiary alicyclic amines) is 1. The lowest BCUT2D eigenvalue weighted by Crippen LogP contribution is -2.35. The zero-order chi connectivity index (χ0) is 20.8. The predicted octanol–water partition coefficient (Wildman–Crippen LogP) is 3.99. The summed E-state index contributed by atoms with van der Waals surface area (Å²) in [6, 6.07) is 12.1. The van der Waals surface area contributed by atoms with Crippen LogP contribution < -0.4 is 0 Å². The van der Waals surface area contributed by atoms with Crippen molar-refractivity contribution in [1.82, 2.24) is 19.4 Å². The molecule has 6 heteroatoms. The lowest BCUT2D eigenvalue weighted by atomic mass is 10.0. The van der Waals surface area contributed by atoms with E-state index in [-0.39, 0.29) is 17.9 Å². The average Bonchev–Trinajstić information content (AvgIpc) is 3.35. The highest BCUT2D eigenvalue weighted by Crippen LogP contribution is 2.30. The molecule has 0 bridgehead atoms. The molecule has 2 aliphatic heterocycles. The number of pyridine rings is 1. The highest BCUT2D eigenvalue weighted by atomic mass is 16.2. The Morgan fingerprint density at radius 2 is 1.87 bits per heavy atom. The van der Waals surface area contributed by atoms with Gasteiger partial charge in [0.2, 0.25) is 0 Å². The van der Waals surface area contributed by atoms with E-state index in [1.165, 1.54) is 6.42 Å². The van der Waals surface area contributed by atoms with Crippen LogP contribution in [0, 0.1) is 0 Å². The number of aromatic nitrogens is 2. The molecular formula is C24H26N4O2. The summed E-state index contributed by atoms with van der Waals surface area (Å²) in [4.78, 5) is 29.7. The van der Waals surface area contributed by atoms with E-state index in [2.05, 4.69) is 5.10 Å². The van der Waals surface area contributed by atoms with Crippen molar-refractivity contribution in [2.24, 2.45) is 0 Å². The van der Waals surface area contributed by atoms with Crippen LogP contribution in [0.3, 0.4) is 0 Å². The highest BCUT2D eigenvalue weighted by molar-refractivity contribution is 6.01. The number of benzene rings is 1. The van der Waals surface area contributed by atoms with Crippen LogP contribution in [0.25, 0.3) is 16.8 Å². The first-order chi connectivity index (χ1) is 14.5. The third-order valence-corrected chi connectivity index (χ3v) is 6.28. The standard InChI is InChI=1S/C24H26N4O2/c1-16(2)27-15-18-10-9-17(13-19(18)24(27)30)21-7-6-8-22-20(14-25-28(21)22)23(29)26-11-4-3-5-12-26/h6-10,13-14,16H,3-5,11-12,15H2,1-2H3. The Kier molecular flexibility index (Phi) is 4.57. The summed E-state index contributed by atoms with van der Waals surface area (Å²) in [5, 5.41) is 4.54. The van der Waals surface area contributed by atoms with Crippen molar-refractivity contribution >= 4 is 17.3 Å². The maximum atomic E-state index is 13.0. The lowest BCUT2D eigenvalue weighted by molar-refractivity contribution is 0.0720. The molecule has 3 aromatic rings. The van der Waals surface area contributed by atoms with Crippen LogP contribution in [0.5, 0.6) is 0 Å². The van der Waals surface area contributed by atoms with E-state index < -0.39 is 0 Å². The monoisotopic (exact) mass is 402 g/mol. The topological polar surface area (TPSA) is 57.9 Å². The van der Waals surface area contributed by atoms with Gasteiger partial charge in [-0.3, -0.25) is 9.59 Å². The molecule has 0 spiro atoms. The van der Waals surface area contributed by atoms with Crippen molar-refractivity contribution in [2.45, 2.75) is 45.7 Å². The summed E-state index contributed by atoms with van der Waals surface area (Å²) < 4.78 is 1.82. The molecule has 2 amide bonds. The first kappa shape index (κ1) is 18.9. The maximum absolute atomic E-state index is 13.0. The van der Waals surface area contributed by atoms with Crippen LogP contribution in [0.1, 0.15) is 59.4 Å². The number of amides is 2. The zero-order valence-corrected chi connectivity index (χ0v) is 17.5. The van der Waals surface area contributed by atoms with E-state index >= 15 is 0 Å². The van der Waals surface area contributed by atoms with Gasteiger partial charge in [0.1, 0.15) is 0 Å². The third-order valence-electron chi connectivity index (χ3n) is 6.28. The second-order valence-corrected chi connectivity index (χ2v) is 8.52. The number of carbonyl (C=O) groups is 2. The second-order valence-electron chi connectivity index (χ2n) is 8.52. The van der Waals surface area contributed by atoms with Gasteiger partial charge in [-0.1, -0.05) is 18.2 Å². The summed E-state index contributed by atoms with van der Waals surface area (Å²) in [6.45, 7) is 6.36. The molecule has 0 N–H and O–H groups in total. The zero-order valence-electron chi connectivity index (χ0n) is 17.5. The second kappa shape index (κ2) is 7.27. The van der Waals surface area contributed by atoms with E-state index in [1.54, 1.807) is 6.20 Å². The number of piperidine rings is 1. The molecule has 0 aliphatic carbocycles. The average molecular weight is 402 g/mol. The van der Waals surface area contributed by atoms with Crippen LogP contribution in [0.2, 0.25) is 0 Å². The van der Waals surface area contributed by atoms with E-state index in [0.29, 0.717) is 12.1 Å². The molecule has 5 rings (SSSR count). The first-order valence-corrected chi connectivity index (χ1v) is 10.7. The van der Waals surface area contributed by atoms with Crippen LogP contribution in [-0.2, 0) is 6.54 Å². The summed E-state index contributed by atoms with van der Waals surface area (Å²) >= 11 is 0. The molecule has 1 saturated heterocycles. The summed E-state index contributed by atoms with van der Waals surface area (Å²) in [6.07, 6.45) is 4.99. The van der Waals surface area contributed by atoms with Crippen molar-refractivity contribution in [3.63, 3.8) is 0 Å². The molecular weight excluding hydrogens is 376 g/mol. The fourth-order valence-electron chi connectivity index (χ4n) is 4.56. The van der Waals surface area contributed by atoms with Gasteiger partial charge in [-0.05, 0) is 56.9 Å². The third kappa shape index (κ3) is 2.98. The Morgan fingerprint density at radius 3 is 2.63 bits per heavy atom. The van der Waals surface area contributed by atoms with Gasteiger partial charge in [-0.25, -0.2) is 4.52 Å². The van der Waals surface area contributed by atoms with Gasteiger partial charge in [0.15, 0.2) is 0 Å². The number of fused-ring (bicyclic) bond motifs is 2. The predicted molar refractivity (Wildman–Crippen MR) is 115 cm³/mol. The van der Waals surface area contributed by atoms with Crippen LogP contribution in [-0.4, -0.2) is 50.4 Å². The van der Waals surface area contributed by atoms with E-state index in [1.807, 2.05) is 64.6 Å². The van der Waals surface area contributed by atoms with Crippen molar-refractivity contribution < 1.29 is 9.59 Å². The summed E-state index contributed by atoms with van der Waals surface area (Å²) in [5.74, 6) is 0.133. The van der Waals surface area contributed by atoms with Gasteiger partial charge in [0.25, 0.3) is 11.8 Å². The van der Waals surface area contributed by atoms with Gasteiger partial charge in [0, 0.05) is 36.8 Å². The van der Waals surface area contributed by atoms with Crippen LogP contribution in [0.15, 0.2) is 42.6 Å². The SMILES string of the molecule is CC(C)N1Cc2ccc(-c3cccc4c(C(=O)N5CCCCC5)cnn34)cc2C1=O. The maximum Gasteiger partial charge on any atom is 0.257 e. The normalized spacial score (nSPS) is 16.6. The highest BCUT2D eigenvalue weighted by Gasteiger charge is 2.29. The Hall–Kier alpha value is -3.15. The van der Waals surface area contributed by atoms with Crippen molar-refractivity contribution in [3.8, 4) is 11.3 Å². The van der Waals surface area contributed by atoms with Crippen molar-refractivity contribution in [3.05, 3.63) is 59.3 Å². The summed E-state index contributed by atoms with van der Waals surface area (Å²) in [5.41, 5.74) is 5.07. The molecule has 0 unspecified atom stereocenters. The Morgan fingerprint density at radius 1 is 1.07 bits per heavy atom. The molecule has 0 radical (unpaired) electrons. The van der Waals surface area contributed by atoms with Crippen LogP contribution >= 0.6 is 0 Å². The number of hydrogen-bond donors (Lipinski definition) is 0. The molecule has 154 valence electrons. The molecule has 4 heterocycles. The van der Waals surface area contributed by atoms with Crippen LogP contribution in [0.4, 0.5) is 0 Å². The summed E-state index contributed by atoms with van der Waals surface area (Å²) in [7, 11) is 0. The Bertz CT molecular complexity index is 1140. The molecule has 2 aromatic heterocycles. The minimum Gasteiger partial charge on any atom is -0.339 e. The van der Waals surface area contributed by atoms with Crippen molar-refractivity contribution in [2.75, 3.05) is 13.1 Å². The molecule has 1 aromatic carbocycles. The fraction of sp³-hybridized carbons (Fsp3) is 0.375. The number of hydrogen-bond acceptors (Lipinski definition) is 3. The lowest BCUT2D eigenvalue weighted by Gasteiger charge is -2.26. The largest absolute Gasteiger partial charge is 0.339 e. The number of rotatable bonds is 3. The molecule has 30 heavy (non-hydrogen) atoms. The van der Waals surface area contributed by atoms with Gasteiger partial charge < -0.3 is 9.80 Å². The Balaban J connectivity index is 1.53. The molecule has 1 fully saturated rings. The smallest absolute Gasteiger partial charge is 0.257 e. The van der Waals surface area contributed by atoms with E-state index in [4.69, 9.17) is 0 Å². The minimum absolute atomic E-state index is 0.0542. The molecule has 6 nitrogen and oxygen atoms in total.